The minimum Gasteiger partial charge on any atom is -0.508 e. The number of hydrogen-bond acceptors (Lipinski definition) is 5. The number of halogens is 2. The molecule has 4 nitrogen and oxygen atoms in total. The van der Waals surface area contributed by atoms with Crippen LogP contribution in [0.25, 0.3) is 11.3 Å². The van der Waals surface area contributed by atoms with Crippen molar-refractivity contribution in [3.05, 3.63) is 101 Å². The number of aromatic hydroxyl groups is 1. The van der Waals surface area contributed by atoms with Crippen molar-refractivity contribution in [3.63, 3.8) is 0 Å². The van der Waals surface area contributed by atoms with Gasteiger partial charge in [0.1, 0.15) is 17.4 Å². The number of anilines is 1. The predicted octanol–water partition coefficient (Wildman–Crippen LogP) is 6.15. The van der Waals surface area contributed by atoms with Gasteiger partial charge in [0.15, 0.2) is 0 Å². The molecule has 154 valence electrons. The fraction of sp³-hybridized carbons (Fsp3) is 0.0833. The molecule has 1 unspecified atom stereocenters. The van der Waals surface area contributed by atoms with Crippen molar-refractivity contribution >= 4 is 22.2 Å². The van der Waals surface area contributed by atoms with Crippen LogP contribution >= 0.6 is 11.3 Å². The molecule has 0 spiro atoms. The Kier molecular flexibility index (Phi) is 4.95. The molecule has 0 saturated carbocycles. The molecule has 1 N–H and O–H groups in total. The maximum absolute atomic E-state index is 13.5. The topological polar surface area (TPSA) is 48.7 Å². The summed E-state index contributed by atoms with van der Waals surface area (Å²) in [4.78, 5) is 4.73. The average molecular weight is 433 g/mol. The lowest BCUT2D eigenvalue weighted by Gasteiger charge is -2.21. The number of hydrazone groups is 1. The highest BCUT2D eigenvalue weighted by Crippen LogP contribution is 2.39. The van der Waals surface area contributed by atoms with Crippen molar-refractivity contribution in [3.8, 4) is 17.0 Å². The van der Waals surface area contributed by atoms with E-state index in [1.165, 1.54) is 35.6 Å². The lowest BCUT2D eigenvalue weighted by atomic mass is 9.98. The third-order valence-electron chi connectivity index (χ3n) is 5.17. The molecule has 3 aromatic carbocycles. The van der Waals surface area contributed by atoms with E-state index in [-0.39, 0.29) is 23.4 Å². The molecule has 1 aliphatic heterocycles. The van der Waals surface area contributed by atoms with Gasteiger partial charge in [-0.1, -0.05) is 36.4 Å². The van der Waals surface area contributed by atoms with E-state index in [4.69, 9.17) is 10.1 Å². The molecule has 5 rings (SSSR count). The molecule has 1 aromatic heterocycles. The summed E-state index contributed by atoms with van der Waals surface area (Å²) in [6, 6.07) is 19.4. The average Bonchev–Trinajstić information content (AvgIpc) is 3.42. The zero-order valence-electron chi connectivity index (χ0n) is 16.2. The number of hydrogen-bond donors (Lipinski definition) is 1. The Balaban J connectivity index is 1.53. The summed E-state index contributed by atoms with van der Waals surface area (Å²) in [6.07, 6.45) is 0.582. The van der Waals surface area contributed by atoms with Gasteiger partial charge >= 0.3 is 0 Å². The molecule has 7 heteroatoms. The Morgan fingerprint density at radius 1 is 0.903 bits per heavy atom. The van der Waals surface area contributed by atoms with Crippen LogP contribution in [0.3, 0.4) is 0 Å². The number of phenolic OH excluding ortho intramolecular Hbond substituents is 1. The van der Waals surface area contributed by atoms with E-state index in [0.29, 0.717) is 11.6 Å². The van der Waals surface area contributed by atoms with E-state index in [9.17, 15) is 13.9 Å². The van der Waals surface area contributed by atoms with Crippen molar-refractivity contribution in [1.29, 1.82) is 0 Å². The van der Waals surface area contributed by atoms with Crippen LogP contribution in [0.2, 0.25) is 0 Å². The van der Waals surface area contributed by atoms with Gasteiger partial charge in [-0.05, 0) is 47.5 Å². The molecule has 0 radical (unpaired) electrons. The fourth-order valence-corrected chi connectivity index (χ4v) is 4.45. The van der Waals surface area contributed by atoms with Crippen LogP contribution < -0.4 is 5.01 Å². The summed E-state index contributed by atoms with van der Waals surface area (Å²) in [5, 5.41) is 19.0. The minimum atomic E-state index is -0.301. The summed E-state index contributed by atoms with van der Waals surface area (Å²) in [5.74, 6) is -0.424. The monoisotopic (exact) mass is 433 g/mol. The van der Waals surface area contributed by atoms with Gasteiger partial charge in [0.25, 0.3) is 0 Å². The van der Waals surface area contributed by atoms with Crippen molar-refractivity contribution in [2.24, 2.45) is 5.10 Å². The third-order valence-corrected chi connectivity index (χ3v) is 6.00. The summed E-state index contributed by atoms with van der Waals surface area (Å²) in [7, 11) is 0. The van der Waals surface area contributed by atoms with Crippen LogP contribution in [-0.2, 0) is 0 Å². The summed E-state index contributed by atoms with van der Waals surface area (Å²) >= 11 is 1.44. The standard InChI is InChI=1S/C24H17F2N3OS/c25-18-8-4-15(5-9-18)21-13-23(16-6-10-19(26)11-7-16)29(28-21)24-27-22(14-31-24)17-2-1-3-20(30)12-17/h1-12,14,23,30H,13H2. The predicted molar refractivity (Wildman–Crippen MR) is 118 cm³/mol. The van der Waals surface area contributed by atoms with Crippen molar-refractivity contribution in [1.82, 2.24) is 4.98 Å². The lowest BCUT2D eigenvalue weighted by Crippen LogP contribution is -2.18. The van der Waals surface area contributed by atoms with E-state index in [2.05, 4.69) is 0 Å². The van der Waals surface area contributed by atoms with Crippen molar-refractivity contribution < 1.29 is 13.9 Å². The van der Waals surface area contributed by atoms with Crippen LogP contribution in [0, 0.1) is 11.6 Å². The molecule has 0 saturated heterocycles. The largest absolute Gasteiger partial charge is 0.508 e. The Morgan fingerprint density at radius 3 is 2.32 bits per heavy atom. The Hall–Kier alpha value is -3.58. The number of rotatable bonds is 4. The highest BCUT2D eigenvalue weighted by molar-refractivity contribution is 7.14. The van der Waals surface area contributed by atoms with Crippen molar-refractivity contribution in [2.75, 3.05) is 5.01 Å². The van der Waals surface area contributed by atoms with Crippen LogP contribution in [0.5, 0.6) is 5.75 Å². The van der Waals surface area contributed by atoms with Crippen molar-refractivity contribution in [2.45, 2.75) is 12.5 Å². The lowest BCUT2D eigenvalue weighted by molar-refractivity contribution is 0.475. The normalized spacial score (nSPS) is 15.9. The molecule has 0 bridgehead atoms. The zero-order valence-corrected chi connectivity index (χ0v) is 17.1. The van der Waals surface area contributed by atoms with Gasteiger partial charge in [-0.3, -0.25) is 0 Å². The molecule has 2 heterocycles. The van der Waals surface area contributed by atoms with Gasteiger partial charge in [-0.25, -0.2) is 18.8 Å². The molecule has 0 aliphatic carbocycles. The SMILES string of the molecule is Oc1cccc(-c2csc(N3N=C(c4ccc(F)cc4)CC3c3ccc(F)cc3)n2)c1. The van der Waals surface area contributed by atoms with Gasteiger partial charge in [0, 0.05) is 17.4 Å². The first-order chi connectivity index (χ1) is 15.1. The van der Waals surface area contributed by atoms with E-state index in [1.807, 2.05) is 16.5 Å². The number of phenols is 1. The van der Waals surface area contributed by atoms with E-state index in [1.54, 1.807) is 42.5 Å². The first-order valence-electron chi connectivity index (χ1n) is 9.70. The third kappa shape index (κ3) is 3.92. The summed E-state index contributed by atoms with van der Waals surface area (Å²) < 4.78 is 26.9. The van der Waals surface area contributed by atoms with Gasteiger partial charge in [0.2, 0.25) is 5.13 Å². The van der Waals surface area contributed by atoms with E-state index >= 15 is 0 Å². The first-order valence-corrected chi connectivity index (χ1v) is 10.6. The zero-order chi connectivity index (χ0) is 21.4. The molecule has 0 fully saturated rings. The molecule has 1 atom stereocenters. The highest BCUT2D eigenvalue weighted by atomic mass is 32.1. The van der Waals surface area contributed by atoms with Crippen LogP contribution in [0.4, 0.5) is 13.9 Å². The van der Waals surface area contributed by atoms with E-state index in [0.717, 1.165) is 28.1 Å². The van der Waals surface area contributed by atoms with Crippen LogP contribution in [0.15, 0.2) is 83.3 Å². The van der Waals surface area contributed by atoms with E-state index < -0.39 is 0 Å². The van der Waals surface area contributed by atoms with Crippen LogP contribution in [0.1, 0.15) is 23.6 Å². The second kappa shape index (κ2) is 7.92. The quantitative estimate of drug-likeness (QED) is 0.420. The minimum absolute atomic E-state index is 0.163. The molecular weight excluding hydrogens is 416 g/mol. The second-order valence-electron chi connectivity index (χ2n) is 7.24. The highest BCUT2D eigenvalue weighted by Gasteiger charge is 2.31. The Labute approximate surface area is 181 Å². The molecule has 4 aromatic rings. The van der Waals surface area contributed by atoms with Gasteiger partial charge in [-0.15, -0.1) is 11.3 Å². The number of aromatic nitrogens is 1. The summed E-state index contributed by atoms with van der Waals surface area (Å²) in [6.45, 7) is 0. The maximum atomic E-state index is 13.5. The van der Waals surface area contributed by atoms with Crippen LogP contribution in [-0.4, -0.2) is 15.8 Å². The van der Waals surface area contributed by atoms with Gasteiger partial charge < -0.3 is 5.11 Å². The Bertz CT molecular complexity index is 1250. The smallest absolute Gasteiger partial charge is 0.207 e. The fourth-order valence-electron chi connectivity index (χ4n) is 3.62. The maximum Gasteiger partial charge on any atom is 0.207 e. The van der Waals surface area contributed by atoms with Gasteiger partial charge in [0.05, 0.1) is 17.4 Å². The molecular formula is C24H17F2N3OS. The number of nitrogens with zero attached hydrogens (tertiary/aromatic N) is 3. The molecule has 0 amide bonds. The second-order valence-corrected chi connectivity index (χ2v) is 8.07. The molecule has 1 aliphatic rings. The first kappa shape index (κ1) is 19.4. The molecule has 31 heavy (non-hydrogen) atoms. The Morgan fingerprint density at radius 2 is 1.61 bits per heavy atom. The van der Waals surface area contributed by atoms with Gasteiger partial charge in [-0.2, -0.15) is 5.10 Å². The number of benzene rings is 3. The number of thiazole rings is 1. The summed E-state index contributed by atoms with van der Waals surface area (Å²) in [5.41, 5.74) is 4.10.